The van der Waals surface area contributed by atoms with Crippen molar-refractivity contribution in [2.24, 2.45) is 0 Å². The van der Waals surface area contributed by atoms with Crippen LogP contribution in [0.4, 0.5) is 8.78 Å². The molecule has 0 aliphatic carbocycles. The summed E-state index contributed by atoms with van der Waals surface area (Å²) >= 11 is 7.45. The standard InChI is InChI=1S/C14H11ClF2S/c1-9-5-6-12(8-13(9)15)18-11-4-2-3-10(7-11)14(16)17/h2-8,14H,1H3. The Hall–Kier alpha value is -1.06. The zero-order valence-electron chi connectivity index (χ0n) is 9.66. The van der Waals surface area contributed by atoms with Crippen LogP contribution in [0.1, 0.15) is 17.6 Å². The van der Waals surface area contributed by atoms with Gasteiger partial charge in [-0.1, -0.05) is 41.6 Å². The van der Waals surface area contributed by atoms with Crippen molar-refractivity contribution in [3.05, 3.63) is 58.6 Å². The van der Waals surface area contributed by atoms with Gasteiger partial charge in [0, 0.05) is 20.4 Å². The first-order valence-electron chi connectivity index (χ1n) is 5.38. The van der Waals surface area contributed by atoms with Gasteiger partial charge in [-0.15, -0.1) is 0 Å². The van der Waals surface area contributed by atoms with E-state index in [1.165, 1.54) is 23.9 Å². The maximum absolute atomic E-state index is 12.6. The fourth-order valence-electron chi connectivity index (χ4n) is 1.49. The lowest BCUT2D eigenvalue weighted by atomic mass is 10.2. The normalized spacial score (nSPS) is 10.9. The number of rotatable bonds is 3. The highest BCUT2D eigenvalue weighted by Gasteiger charge is 2.08. The summed E-state index contributed by atoms with van der Waals surface area (Å²) in [6.07, 6.45) is -2.44. The Morgan fingerprint density at radius 3 is 2.44 bits per heavy atom. The van der Waals surface area contributed by atoms with Crippen LogP contribution in [-0.4, -0.2) is 0 Å². The Labute approximate surface area is 114 Å². The predicted molar refractivity (Wildman–Crippen MR) is 71.7 cm³/mol. The minimum absolute atomic E-state index is 0.0400. The molecular formula is C14H11ClF2S. The highest BCUT2D eigenvalue weighted by Crippen LogP contribution is 2.32. The van der Waals surface area contributed by atoms with Gasteiger partial charge in [0.2, 0.25) is 0 Å². The zero-order chi connectivity index (χ0) is 13.1. The second-order valence-corrected chi connectivity index (χ2v) is 5.44. The minimum atomic E-state index is -2.44. The van der Waals surface area contributed by atoms with Gasteiger partial charge < -0.3 is 0 Å². The van der Waals surface area contributed by atoms with Crippen molar-refractivity contribution in [3.63, 3.8) is 0 Å². The SMILES string of the molecule is Cc1ccc(Sc2cccc(C(F)F)c2)cc1Cl. The molecule has 0 saturated heterocycles. The molecule has 18 heavy (non-hydrogen) atoms. The third-order valence-electron chi connectivity index (χ3n) is 2.49. The number of halogens is 3. The van der Waals surface area contributed by atoms with Crippen molar-refractivity contribution in [1.82, 2.24) is 0 Å². The van der Waals surface area contributed by atoms with Crippen molar-refractivity contribution in [3.8, 4) is 0 Å². The molecule has 0 N–H and O–H groups in total. The molecule has 0 fully saturated rings. The second-order valence-electron chi connectivity index (χ2n) is 3.89. The van der Waals surface area contributed by atoms with Gasteiger partial charge in [0.25, 0.3) is 6.43 Å². The first kappa shape index (κ1) is 13.4. The van der Waals surface area contributed by atoms with E-state index in [0.29, 0.717) is 5.02 Å². The summed E-state index contributed by atoms with van der Waals surface area (Å²) in [4.78, 5) is 1.73. The van der Waals surface area contributed by atoms with E-state index < -0.39 is 6.43 Å². The van der Waals surface area contributed by atoms with Crippen LogP contribution in [0.3, 0.4) is 0 Å². The van der Waals surface area contributed by atoms with E-state index in [2.05, 4.69) is 0 Å². The third-order valence-corrected chi connectivity index (χ3v) is 3.88. The largest absolute Gasteiger partial charge is 0.263 e. The molecule has 2 aromatic carbocycles. The minimum Gasteiger partial charge on any atom is -0.205 e. The summed E-state index contributed by atoms with van der Waals surface area (Å²) in [6.45, 7) is 1.92. The van der Waals surface area contributed by atoms with Crippen LogP contribution in [0.5, 0.6) is 0 Å². The third kappa shape index (κ3) is 3.24. The van der Waals surface area contributed by atoms with Crippen LogP contribution in [-0.2, 0) is 0 Å². The molecule has 0 aliphatic rings. The summed E-state index contributed by atoms with van der Waals surface area (Å²) in [5.41, 5.74) is 1.04. The molecule has 0 bridgehead atoms. The second kappa shape index (κ2) is 5.72. The topological polar surface area (TPSA) is 0 Å². The zero-order valence-corrected chi connectivity index (χ0v) is 11.2. The fourth-order valence-corrected chi connectivity index (χ4v) is 2.66. The van der Waals surface area contributed by atoms with Gasteiger partial charge >= 0.3 is 0 Å². The summed E-state index contributed by atoms with van der Waals surface area (Å²) in [5, 5.41) is 0.685. The lowest BCUT2D eigenvalue weighted by Gasteiger charge is -2.06. The summed E-state index contributed by atoms with van der Waals surface area (Å²) < 4.78 is 25.1. The van der Waals surface area contributed by atoms with Gasteiger partial charge in [-0.2, -0.15) is 0 Å². The lowest BCUT2D eigenvalue weighted by Crippen LogP contribution is -1.84. The number of hydrogen-bond acceptors (Lipinski definition) is 1. The van der Waals surface area contributed by atoms with Crippen LogP contribution in [0.15, 0.2) is 52.3 Å². The molecule has 2 rings (SSSR count). The van der Waals surface area contributed by atoms with Gasteiger partial charge in [0.1, 0.15) is 0 Å². The molecule has 0 heterocycles. The highest BCUT2D eigenvalue weighted by molar-refractivity contribution is 7.99. The van der Waals surface area contributed by atoms with E-state index in [-0.39, 0.29) is 5.56 Å². The Kier molecular flexibility index (Phi) is 4.25. The van der Waals surface area contributed by atoms with Crippen LogP contribution < -0.4 is 0 Å². The average molecular weight is 285 g/mol. The van der Waals surface area contributed by atoms with Gasteiger partial charge in [-0.25, -0.2) is 8.78 Å². The maximum atomic E-state index is 12.6. The van der Waals surface area contributed by atoms with Crippen LogP contribution >= 0.6 is 23.4 Å². The van der Waals surface area contributed by atoms with E-state index in [9.17, 15) is 8.78 Å². The number of aryl methyl sites for hydroxylation is 1. The quantitative estimate of drug-likeness (QED) is 0.693. The van der Waals surface area contributed by atoms with Crippen molar-refractivity contribution in [1.29, 1.82) is 0 Å². The van der Waals surface area contributed by atoms with Crippen LogP contribution in [0.2, 0.25) is 5.02 Å². The molecule has 0 saturated carbocycles. The van der Waals surface area contributed by atoms with Crippen molar-refractivity contribution >= 4 is 23.4 Å². The molecule has 0 aliphatic heterocycles. The summed E-state index contributed by atoms with van der Waals surface area (Å²) in [5.74, 6) is 0. The molecule has 4 heteroatoms. The lowest BCUT2D eigenvalue weighted by molar-refractivity contribution is 0.151. The van der Waals surface area contributed by atoms with Gasteiger partial charge in [-0.3, -0.25) is 0 Å². The molecule has 0 unspecified atom stereocenters. The molecule has 0 radical (unpaired) electrons. The van der Waals surface area contributed by atoms with Crippen molar-refractivity contribution < 1.29 is 8.78 Å². The Balaban J connectivity index is 2.23. The van der Waals surface area contributed by atoms with Gasteiger partial charge in [0.15, 0.2) is 0 Å². The summed E-state index contributed by atoms with van der Waals surface area (Å²) in [7, 11) is 0. The first-order chi connectivity index (χ1) is 8.56. The Morgan fingerprint density at radius 2 is 1.78 bits per heavy atom. The van der Waals surface area contributed by atoms with Crippen LogP contribution in [0, 0.1) is 6.92 Å². The highest BCUT2D eigenvalue weighted by atomic mass is 35.5. The van der Waals surface area contributed by atoms with Gasteiger partial charge in [0.05, 0.1) is 0 Å². The maximum Gasteiger partial charge on any atom is 0.263 e. The number of hydrogen-bond donors (Lipinski definition) is 0. The first-order valence-corrected chi connectivity index (χ1v) is 6.58. The molecule has 0 aromatic heterocycles. The molecule has 0 atom stereocenters. The summed E-state index contributed by atoms with van der Waals surface area (Å²) in [6, 6.07) is 12.1. The molecule has 0 amide bonds. The van der Waals surface area contributed by atoms with E-state index >= 15 is 0 Å². The molecule has 0 spiro atoms. The number of alkyl halides is 2. The van der Waals surface area contributed by atoms with Crippen molar-refractivity contribution in [2.45, 2.75) is 23.1 Å². The Bertz CT molecular complexity index is 555. The Morgan fingerprint density at radius 1 is 1.06 bits per heavy atom. The average Bonchev–Trinajstić information content (AvgIpc) is 2.34. The van der Waals surface area contributed by atoms with E-state index in [0.717, 1.165) is 15.4 Å². The van der Waals surface area contributed by atoms with E-state index in [4.69, 9.17) is 11.6 Å². The molecule has 94 valence electrons. The molecule has 0 nitrogen and oxygen atoms in total. The van der Waals surface area contributed by atoms with Gasteiger partial charge in [-0.05, 0) is 36.8 Å². The fraction of sp³-hybridized carbons (Fsp3) is 0.143. The molecular weight excluding hydrogens is 274 g/mol. The monoisotopic (exact) mass is 284 g/mol. The number of benzene rings is 2. The molecule has 2 aromatic rings. The predicted octanol–water partition coefficient (Wildman–Crippen LogP) is 5.74. The van der Waals surface area contributed by atoms with Crippen molar-refractivity contribution in [2.75, 3.05) is 0 Å². The van der Waals surface area contributed by atoms with E-state index in [1.54, 1.807) is 6.07 Å². The smallest absolute Gasteiger partial charge is 0.205 e. The van der Waals surface area contributed by atoms with Crippen LogP contribution in [0.25, 0.3) is 0 Å². The van der Waals surface area contributed by atoms with E-state index in [1.807, 2.05) is 31.2 Å².